The zero-order valence-electron chi connectivity index (χ0n) is 41.5. The molecular weight excluding hydrogens is 918 g/mol. The lowest BCUT2D eigenvalue weighted by molar-refractivity contribution is -0.148. The predicted octanol–water partition coefficient (Wildman–Crippen LogP) is 5.69. The van der Waals surface area contributed by atoms with Crippen molar-refractivity contribution in [1.82, 2.24) is 30.2 Å². The molecule has 70 heavy (non-hydrogen) atoms. The summed E-state index contributed by atoms with van der Waals surface area (Å²) in [5, 5.41) is 14.2. The molecule has 2 aromatic heterocycles. The number of ether oxygens (including phenoxy) is 5. The minimum absolute atomic E-state index is 0.00105. The Morgan fingerprint density at radius 3 is 2.44 bits per heavy atom. The number of carbonyl (C=O) groups is 4. The molecule has 6 heterocycles. The van der Waals surface area contributed by atoms with Crippen LogP contribution < -0.4 is 20.5 Å². The van der Waals surface area contributed by atoms with Gasteiger partial charge in [-0.15, -0.1) is 0 Å². The Balaban J connectivity index is 1.30. The summed E-state index contributed by atoms with van der Waals surface area (Å²) in [6.45, 7) is 16.1. The second kappa shape index (κ2) is 21.6. The average Bonchev–Trinajstić information content (AvgIpc) is 3.58. The number of hydrazine groups is 1. The number of alkyl carbamates (subject to hydrolysis) is 1. The number of rotatable bonds is 15. The monoisotopic (exact) mass is 987 g/mol. The van der Waals surface area contributed by atoms with E-state index in [2.05, 4.69) is 20.5 Å². The first kappa shape index (κ1) is 52.6. The summed E-state index contributed by atoms with van der Waals surface area (Å²) < 4.78 is 75.3. The van der Waals surface area contributed by atoms with Crippen molar-refractivity contribution in [3.05, 3.63) is 41.7 Å². The number of benzene rings is 1. The number of aliphatic carboxylic acids is 1. The average molecular weight is 987 g/mol. The van der Waals surface area contributed by atoms with E-state index in [4.69, 9.17) is 28.7 Å². The maximum atomic E-state index is 15.0. The Bertz CT molecular complexity index is 2370. The van der Waals surface area contributed by atoms with Gasteiger partial charge in [0.1, 0.15) is 24.2 Å². The fraction of sp³-hybridized carbons (Fsp3) is 0.653. The third-order valence-corrected chi connectivity index (χ3v) is 13.3. The molecule has 4 fully saturated rings. The number of piperazine rings is 1. The fourth-order valence-corrected chi connectivity index (χ4v) is 9.85. The van der Waals surface area contributed by atoms with Crippen LogP contribution in [0.1, 0.15) is 85.1 Å². The number of fused-ring (bicyclic) bond motifs is 2. The van der Waals surface area contributed by atoms with Gasteiger partial charge in [0.05, 0.1) is 67.9 Å². The van der Waals surface area contributed by atoms with Crippen molar-refractivity contribution < 1.29 is 61.1 Å². The summed E-state index contributed by atoms with van der Waals surface area (Å²) in [7, 11) is 1.54. The molecule has 0 saturated carbocycles. The molecule has 7 rings (SSSR count). The number of carboxylic acids is 1. The van der Waals surface area contributed by atoms with Crippen molar-refractivity contribution in [1.29, 1.82) is 0 Å². The molecule has 4 saturated heterocycles. The number of anilines is 2. The van der Waals surface area contributed by atoms with E-state index >= 15 is 13.2 Å². The summed E-state index contributed by atoms with van der Waals surface area (Å²) in [6, 6.07) is 5.29. The van der Waals surface area contributed by atoms with Crippen LogP contribution in [0.3, 0.4) is 0 Å². The van der Waals surface area contributed by atoms with Gasteiger partial charge in [-0.25, -0.2) is 10.2 Å². The number of carbonyl (C=O) groups excluding carboxylic acids is 3. The number of hydrogen-bond acceptors (Lipinski definition) is 14. The van der Waals surface area contributed by atoms with Gasteiger partial charge in [-0.05, 0) is 76.8 Å². The predicted molar refractivity (Wildman–Crippen MR) is 254 cm³/mol. The van der Waals surface area contributed by atoms with Crippen LogP contribution in [0.5, 0.6) is 0 Å². The number of nitrogens with zero attached hydrogens (tertiary/aromatic N) is 6. The molecule has 3 aromatic rings. The van der Waals surface area contributed by atoms with Gasteiger partial charge in [0.15, 0.2) is 0 Å². The van der Waals surface area contributed by atoms with E-state index in [1.54, 1.807) is 39.1 Å². The number of methoxy groups -OCH3 is 1. The highest BCUT2D eigenvalue weighted by Gasteiger charge is 2.39. The van der Waals surface area contributed by atoms with Gasteiger partial charge in [-0.3, -0.25) is 29.3 Å². The molecule has 4 aliphatic rings. The van der Waals surface area contributed by atoms with Crippen LogP contribution in [0.2, 0.25) is 0 Å². The van der Waals surface area contributed by atoms with Gasteiger partial charge >= 0.3 is 24.2 Å². The minimum atomic E-state index is -4.63. The van der Waals surface area contributed by atoms with Crippen LogP contribution >= 0.6 is 0 Å². The number of hydrogen-bond donors (Lipinski definition) is 3. The molecule has 0 bridgehead atoms. The van der Waals surface area contributed by atoms with Crippen molar-refractivity contribution in [2.24, 2.45) is 5.41 Å². The van der Waals surface area contributed by atoms with Crippen LogP contribution in [0, 0.1) is 5.41 Å². The lowest BCUT2D eigenvalue weighted by Crippen LogP contribution is -2.61. The van der Waals surface area contributed by atoms with E-state index in [9.17, 15) is 24.3 Å². The number of carboxylic acid groups (broad SMARTS) is 1. The van der Waals surface area contributed by atoms with E-state index in [1.165, 1.54) is 23.6 Å². The molecule has 18 nitrogen and oxygen atoms in total. The first-order valence-electron chi connectivity index (χ1n) is 24.1. The van der Waals surface area contributed by atoms with Crippen molar-refractivity contribution in [2.45, 2.75) is 123 Å². The number of esters is 1. The summed E-state index contributed by atoms with van der Waals surface area (Å²) in [5.74, 6) is -2.13. The number of pyridine rings is 1. The van der Waals surface area contributed by atoms with Gasteiger partial charge in [0.25, 0.3) is 5.91 Å². The van der Waals surface area contributed by atoms with Gasteiger partial charge in [0, 0.05) is 93.8 Å². The smallest absolute Gasteiger partial charge is 0.408 e. The van der Waals surface area contributed by atoms with Crippen LogP contribution in [0.15, 0.2) is 30.5 Å². The van der Waals surface area contributed by atoms with Crippen LogP contribution in [-0.2, 0) is 51.0 Å². The summed E-state index contributed by atoms with van der Waals surface area (Å²) >= 11 is 0. The van der Waals surface area contributed by atoms with E-state index in [1.807, 2.05) is 37.8 Å². The second-order valence-corrected chi connectivity index (χ2v) is 20.6. The lowest BCUT2D eigenvalue weighted by Gasteiger charge is -2.44. The molecule has 386 valence electrons. The number of aromatic nitrogens is 2. The lowest BCUT2D eigenvalue weighted by atomic mass is 9.84. The normalized spacial score (nSPS) is 21.5. The SMILES string of the molecule is CO[C@@H](C)c1ncc(N2CCN3CCOC[C@@H]3C2)cc1-c1c(CC(C)(C)COC(C)=O)c2cc(N3CCO[C@@H](C[C@H](NC(=O)OC(C)(C)C)C(=O)N4CCC[C@@H](C(=O)O)N4)C3)ccc2n1CC(F)(F)F. The number of morpholine rings is 2. The Labute approximate surface area is 407 Å². The Kier molecular flexibility index (Phi) is 16.3. The largest absolute Gasteiger partial charge is 0.480 e. The third-order valence-electron chi connectivity index (χ3n) is 13.3. The summed E-state index contributed by atoms with van der Waals surface area (Å²) in [6.07, 6.45) is -3.95. The van der Waals surface area contributed by atoms with Gasteiger partial charge in [-0.1, -0.05) is 13.8 Å². The van der Waals surface area contributed by atoms with Gasteiger partial charge in [-0.2, -0.15) is 13.2 Å². The molecule has 0 spiro atoms. The van der Waals surface area contributed by atoms with E-state index < -0.39 is 72.0 Å². The molecule has 2 amide bonds. The highest BCUT2D eigenvalue weighted by Crippen LogP contribution is 2.44. The molecule has 3 N–H and O–H groups in total. The van der Waals surface area contributed by atoms with Crippen LogP contribution in [0.4, 0.5) is 29.3 Å². The Morgan fingerprint density at radius 2 is 1.74 bits per heavy atom. The first-order chi connectivity index (χ1) is 33.0. The molecule has 1 aromatic carbocycles. The van der Waals surface area contributed by atoms with Crippen molar-refractivity contribution in [3.63, 3.8) is 0 Å². The molecule has 0 aliphatic carbocycles. The summed E-state index contributed by atoms with van der Waals surface area (Å²) in [4.78, 5) is 62.8. The minimum Gasteiger partial charge on any atom is -0.480 e. The van der Waals surface area contributed by atoms with Gasteiger partial charge in [0.2, 0.25) is 0 Å². The van der Waals surface area contributed by atoms with Crippen LogP contribution in [-0.4, -0.2) is 164 Å². The van der Waals surface area contributed by atoms with Crippen molar-refractivity contribution in [2.75, 3.05) is 89.2 Å². The third kappa shape index (κ3) is 13.0. The highest BCUT2D eigenvalue weighted by atomic mass is 19.4. The molecule has 0 radical (unpaired) electrons. The number of nitrogens with one attached hydrogen (secondary N) is 2. The number of amides is 2. The molecular formula is C49H69F3N8O10. The number of halogens is 3. The molecule has 5 atom stereocenters. The molecule has 21 heteroatoms. The molecule has 4 aliphatic heterocycles. The summed E-state index contributed by atoms with van der Waals surface area (Å²) in [5.41, 5.74) is 4.85. The van der Waals surface area contributed by atoms with Crippen molar-refractivity contribution in [3.8, 4) is 11.3 Å². The topological polar surface area (TPSA) is 190 Å². The van der Waals surface area contributed by atoms with Gasteiger partial charge < -0.3 is 48.5 Å². The molecule has 0 unspecified atom stereocenters. The first-order valence-corrected chi connectivity index (χ1v) is 24.1. The maximum absolute atomic E-state index is 15.0. The standard InChI is InChI=1S/C49H69F3N8O10/c1-30(66-8)42-37(21-33(24-53-42)57-15-14-56-16-18-67-27-34(56)25-57)43-38(23-48(6,7)29-69-31(2)61)36-20-32(11-12-41(36)59(43)28-49(50,51)52)58-17-19-68-35(26-58)22-40(54-46(65)70-47(3,4)5)44(62)60-13-9-10-39(55-60)45(63)64/h11-12,20-21,24,30,34-35,39-40,55H,9-10,13-19,22-23,25-29H2,1-8H3,(H,54,65)(H,63,64)/t30-,34-,35-,39-,40-/m0/s1. The Morgan fingerprint density at radius 1 is 0.986 bits per heavy atom. The maximum Gasteiger partial charge on any atom is 0.408 e. The van der Waals surface area contributed by atoms with Crippen molar-refractivity contribution >= 4 is 46.2 Å². The van der Waals surface area contributed by atoms with E-state index in [0.717, 1.165) is 18.8 Å². The van der Waals surface area contributed by atoms with E-state index in [-0.39, 0.29) is 45.2 Å². The quantitative estimate of drug-likeness (QED) is 0.157. The zero-order valence-corrected chi connectivity index (χ0v) is 41.5. The van der Waals surface area contributed by atoms with E-state index in [0.29, 0.717) is 84.8 Å². The number of alkyl halides is 3. The highest BCUT2D eigenvalue weighted by molar-refractivity contribution is 5.95. The Hall–Kier alpha value is -5.22. The second-order valence-electron chi connectivity index (χ2n) is 20.6. The fourth-order valence-electron chi connectivity index (χ4n) is 9.85. The zero-order chi connectivity index (χ0) is 50.7. The van der Waals surface area contributed by atoms with Crippen LogP contribution in [0.25, 0.3) is 22.2 Å².